The minimum Gasteiger partial charge on any atom is -0.469 e. The number of anilines is 1. The van der Waals surface area contributed by atoms with Crippen LogP contribution in [0.4, 0.5) is 5.69 Å². The monoisotopic (exact) mass is 452 g/mol. The molecule has 0 fully saturated rings. The van der Waals surface area contributed by atoms with Crippen LogP contribution in [0.15, 0.2) is 45.5 Å². The Bertz CT molecular complexity index is 1270. The number of benzene rings is 1. The number of aromatic nitrogens is 4. The minimum absolute atomic E-state index is 0.0186. The Hall–Kier alpha value is -3.11. The number of fused-ring (bicyclic) bond motifs is 1. The van der Waals surface area contributed by atoms with Crippen molar-refractivity contribution >= 4 is 34.7 Å². The lowest BCUT2D eigenvalue weighted by molar-refractivity contribution is -0.116. The molecule has 1 amide bonds. The van der Waals surface area contributed by atoms with E-state index in [1.54, 1.807) is 23.7 Å². The van der Waals surface area contributed by atoms with Crippen molar-refractivity contribution in [2.24, 2.45) is 0 Å². The van der Waals surface area contributed by atoms with Crippen molar-refractivity contribution in [3.8, 4) is 22.6 Å². The lowest BCUT2D eigenvalue weighted by Crippen LogP contribution is -2.30. The van der Waals surface area contributed by atoms with Crippen LogP contribution in [0.2, 0.25) is 0 Å². The Labute approximate surface area is 187 Å². The summed E-state index contributed by atoms with van der Waals surface area (Å²) in [4.78, 5) is 19.3. The molecule has 0 atom stereocenters. The van der Waals surface area contributed by atoms with Crippen LogP contribution in [0.25, 0.3) is 22.6 Å². The summed E-state index contributed by atoms with van der Waals surface area (Å²) in [6.45, 7) is 4.51. The van der Waals surface area contributed by atoms with Gasteiger partial charge in [0, 0.05) is 23.2 Å². The van der Waals surface area contributed by atoms with E-state index >= 15 is 0 Å². The summed E-state index contributed by atoms with van der Waals surface area (Å²) in [5.41, 5.74) is 4.99. The van der Waals surface area contributed by atoms with Gasteiger partial charge in [0.1, 0.15) is 5.76 Å². The molecule has 1 aliphatic heterocycles. The van der Waals surface area contributed by atoms with Crippen LogP contribution in [0, 0.1) is 13.8 Å². The number of thiazole rings is 1. The van der Waals surface area contributed by atoms with Crippen LogP contribution in [-0.4, -0.2) is 38.1 Å². The second-order valence-electron chi connectivity index (χ2n) is 7.25. The molecule has 0 unspecified atom stereocenters. The molecule has 0 aliphatic carbocycles. The molecular weight excluding hydrogens is 432 g/mol. The fraction of sp³-hybridized carbons (Fsp3) is 0.238. The fourth-order valence-electron chi connectivity index (χ4n) is 3.70. The van der Waals surface area contributed by atoms with Gasteiger partial charge in [0.05, 0.1) is 28.3 Å². The molecule has 4 heterocycles. The number of rotatable bonds is 5. The van der Waals surface area contributed by atoms with E-state index in [1.165, 1.54) is 22.0 Å². The van der Waals surface area contributed by atoms with E-state index in [4.69, 9.17) is 10.3 Å². The topological polar surface area (TPSA) is 103 Å². The standard InChI is InChI=1S/C21H20N6O2S2/c1-12-16(6-8-29-12)20-24-25-21(27(20)22)31-11-19(28)26-7-5-15-9-14(3-4-18(15)26)17-10-30-13(2)23-17/h3-4,6,8-10H,5,7,11,22H2,1-2H3. The van der Waals surface area contributed by atoms with E-state index in [0.29, 0.717) is 23.3 Å². The first-order valence-electron chi connectivity index (χ1n) is 9.75. The van der Waals surface area contributed by atoms with E-state index in [0.717, 1.165) is 33.9 Å². The first-order valence-corrected chi connectivity index (χ1v) is 11.6. The second-order valence-corrected chi connectivity index (χ2v) is 9.25. The number of carbonyl (C=O) groups excluding carboxylic acids is 1. The Morgan fingerprint density at radius 2 is 2.16 bits per heavy atom. The van der Waals surface area contributed by atoms with E-state index < -0.39 is 0 Å². The number of aryl methyl sites for hydroxylation is 2. The van der Waals surface area contributed by atoms with Crippen molar-refractivity contribution in [3.63, 3.8) is 0 Å². The summed E-state index contributed by atoms with van der Waals surface area (Å²) >= 11 is 2.92. The van der Waals surface area contributed by atoms with Gasteiger partial charge < -0.3 is 15.2 Å². The van der Waals surface area contributed by atoms with Gasteiger partial charge >= 0.3 is 0 Å². The van der Waals surface area contributed by atoms with Crippen molar-refractivity contribution in [2.75, 3.05) is 23.0 Å². The molecule has 5 rings (SSSR count). The van der Waals surface area contributed by atoms with Crippen molar-refractivity contribution in [1.82, 2.24) is 19.9 Å². The summed E-state index contributed by atoms with van der Waals surface area (Å²) in [5, 5.41) is 11.9. The van der Waals surface area contributed by atoms with Crippen LogP contribution in [0.1, 0.15) is 16.3 Å². The molecule has 0 bridgehead atoms. The third kappa shape index (κ3) is 3.61. The van der Waals surface area contributed by atoms with Gasteiger partial charge in [-0.25, -0.2) is 9.66 Å². The van der Waals surface area contributed by atoms with Crippen molar-refractivity contribution in [2.45, 2.75) is 25.4 Å². The zero-order chi connectivity index (χ0) is 21.5. The predicted octanol–water partition coefficient (Wildman–Crippen LogP) is 3.67. The molecule has 10 heteroatoms. The Morgan fingerprint density at radius 3 is 2.90 bits per heavy atom. The summed E-state index contributed by atoms with van der Waals surface area (Å²) in [5.74, 6) is 7.63. The third-order valence-corrected chi connectivity index (χ3v) is 6.98. The van der Waals surface area contributed by atoms with Gasteiger partial charge in [-0.05, 0) is 44.0 Å². The van der Waals surface area contributed by atoms with Gasteiger partial charge in [-0.2, -0.15) is 0 Å². The van der Waals surface area contributed by atoms with Gasteiger partial charge in [0.25, 0.3) is 0 Å². The van der Waals surface area contributed by atoms with Crippen molar-refractivity contribution < 1.29 is 9.21 Å². The highest BCUT2D eigenvalue weighted by atomic mass is 32.2. The molecule has 2 N–H and O–H groups in total. The lowest BCUT2D eigenvalue weighted by Gasteiger charge is -2.17. The molecule has 158 valence electrons. The van der Waals surface area contributed by atoms with Crippen LogP contribution in [0.3, 0.4) is 0 Å². The van der Waals surface area contributed by atoms with Gasteiger partial charge in [-0.3, -0.25) is 4.79 Å². The number of hydrogen-bond acceptors (Lipinski definition) is 8. The zero-order valence-corrected chi connectivity index (χ0v) is 18.7. The van der Waals surface area contributed by atoms with Gasteiger partial charge in [0.2, 0.25) is 11.1 Å². The Morgan fingerprint density at radius 1 is 1.29 bits per heavy atom. The summed E-state index contributed by atoms with van der Waals surface area (Å²) in [6, 6.07) is 7.98. The van der Waals surface area contributed by atoms with E-state index in [1.807, 2.05) is 30.9 Å². The number of amides is 1. The van der Waals surface area contributed by atoms with Gasteiger partial charge in [0.15, 0.2) is 5.82 Å². The molecule has 0 radical (unpaired) electrons. The smallest absolute Gasteiger partial charge is 0.237 e. The number of hydrogen-bond donors (Lipinski definition) is 1. The summed E-state index contributed by atoms with van der Waals surface area (Å²) in [6.07, 6.45) is 2.42. The van der Waals surface area contributed by atoms with Gasteiger partial charge in [-0.1, -0.05) is 17.8 Å². The van der Waals surface area contributed by atoms with Crippen LogP contribution in [0.5, 0.6) is 0 Å². The molecule has 3 aromatic heterocycles. The number of nitrogens with two attached hydrogens (primary N) is 1. The lowest BCUT2D eigenvalue weighted by atomic mass is 10.1. The predicted molar refractivity (Wildman–Crippen MR) is 122 cm³/mol. The minimum atomic E-state index is 0.0186. The Kier molecular flexibility index (Phi) is 5.03. The summed E-state index contributed by atoms with van der Waals surface area (Å²) < 4.78 is 6.71. The van der Waals surface area contributed by atoms with Crippen LogP contribution >= 0.6 is 23.1 Å². The molecule has 4 aromatic rings. The number of furan rings is 1. The largest absolute Gasteiger partial charge is 0.469 e. The molecule has 8 nitrogen and oxygen atoms in total. The van der Waals surface area contributed by atoms with E-state index in [2.05, 4.69) is 26.6 Å². The number of thioether (sulfide) groups is 1. The quantitative estimate of drug-likeness (QED) is 0.364. The van der Waals surface area contributed by atoms with E-state index in [-0.39, 0.29) is 11.7 Å². The molecule has 0 saturated carbocycles. The SMILES string of the molecule is Cc1nc(-c2ccc3c(c2)CCN3C(=O)CSc2nnc(-c3ccoc3C)n2N)cs1. The molecule has 0 saturated heterocycles. The fourth-order valence-corrected chi connectivity index (χ4v) is 5.05. The van der Waals surface area contributed by atoms with Gasteiger partial charge in [-0.15, -0.1) is 21.5 Å². The normalized spacial score (nSPS) is 13.0. The van der Waals surface area contributed by atoms with Crippen molar-refractivity contribution in [1.29, 1.82) is 0 Å². The first kappa shape index (κ1) is 19.8. The van der Waals surface area contributed by atoms with E-state index in [9.17, 15) is 4.79 Å². The summed E-state index contributed by atoms with van der Waals surface area (Å²) in [7, 11) is 0. The second kappa shape index (κ2) is 7.86. The van der Waals surface area contributed by atoms with Crippen LogP contribution < -0.4 is 10.7 Å². The average molecular weight is 453 g/mol. The molecule has 0 spiro atoms. The number of nitrogens with zero attached hydrogens (tertiary/aromatic N) is 5. The average Bonchev–Trinajstić information content (AvgIpc) is 3.53. The zero-order valence-electron chi connectivity index (χ0n) is 17.0. The van der Waals surface area contributed by atoms with Crippen molar-refractivity contribution in [3.05, 3.63) is 52.2 Å². The first-order chi connectivity index (χ1) is 15.0. The van der Waals surface area contributed by atoms with Crippen LogP contribution in [-0.2, 0) is 11.2 Å². The maximum atomic E-state index is 12.9. The maximum absolute atomic E-state index is 12.9. The number of carbonyl (C=O) groups is 1. The number of nitrogen functional groups attached to an aromatic ring is 1. The molecular formula is C21H20N6O2S2. The third-order valence-electron chi connectivity index (χ3n) is 5.28. The maximum Gasteiger partial charge on any atom is 0.237 e. The Balaban J connectivity index is 1.29. The highest BCUT2D eigenvalue weighted by Gasteiger charge is 2.26. The molecule has 1 aliphatic rings. The highest BCUT2D eigenvalue weighted by molar-refractivity contribution is 7.99. The highest BCUT2D eigenvalue weighted by Crippen LogP contribution is 2.33. The molecule has 31 heavy (non-hydrogen) atoms. The molecule has 1 aromatic carbocycles.